The van der Waals surface area contributed by atoms with Gasteiger partial charge in [-0.15, -0.1) is 0 Å². The molecule has 0 aliphatic carbocycles. The van der Waals surface area contributed by atoms with E-state index < -0.39 is 15.9 Å². The molecule has 1 atom stereocenters. The predicted octanol–water partition coefficient (Wildman–Crippen LogP) is 2.54. The maximum Gasteiger partial charge on any atom is 0.149 e. The smallest absolute Gasteiger partial charge is 0.149 e. The second-order valence-electron chi connectivity index (χ2n) is 4.38. The number of nitrogens with two attached hydrogens (primary N) is 1. The van der Waals surface area contributed by atoms with E-state index in [-0.39, 0.29) is 5.75 Å². The molecule has 0 bridgehead atoms. The van der Waals surface area contributed by atoms with Crippen LogP contribution in [0.4, 0.5) is 0 Å². The molecule has 0 saturated carbocycles. The fourth-order valence-corrected chi connectivity index (χ4v) is 3.08. The standard InChI is InChI=1S/C13H14ClNO2S/c1-18(16,17)8-13(15)11-6-7-12(14)10-5-3-2-4-9(10)11/h2-7,13H,8,15H2,1H3. The Kier molecular flexibility index (Phi) is 3.61. The molecular formula is C13H14ClNO2S. The normalized spacial score (nSPS) is 13.7. The van der Waals surface area contributed by atoms with E-state index in [2.05, 4.69) is 0 Å². The second kappa shape index (κ2) is 4.88. The van der Waals surface area contributed by atoms with Gasteiger partial charge in [-0.1, -0.05) is 41.9 Å². The van der Waals surface area contributed by atoms with Crippen LogP contribution < -0.4 is 5.73 Å². The van der Waals surface area contributed by atoms with Gasteiger partial charge in [-0.25, -0.2) is 8.42 Å². The Morgan fingerprint density at radius 1 is 1.17 bits per heavy atom. The van der Waals surface area contributed by atoms with Crippen LogP contribution in [0, 0.1) is 0 Å². The van der Waals surface area contributed by atoms with Gasteiger partial charge in [0.05, 0.1) is 5.75 Å². The molecule has 0 radical (unpaired) electrons. The molecule has 0 spiro atoms. The van der Waals surface area contributed by atoms with E-state index in [9.17, 15) is 8.42 Å². The first-order valence-corrected chi connectivity index (χ1v) is 7.93. The first-order valence-electron chi connectivity index (χ1n) is 5.49. The highest BCUT2D eigenvalue weighted by Gasteiger charge is 2.16. The van der Waals surface area contributed by atoms with Gasteiger partial charge >= 0.3 is 0 Å². The minimum atomic E-state index is -3.11. The van der Waals surface area contributed by atoms with Crippen LogP contribution in [0.5, 0.6) is 0 Å². The lowest BCUT2D eigenvalue weighted by Crippen LogP contribution is -2.21. The van der Waals surface area contributed by atoms with E-state index in [4.69, 9.17) is 17.3 Å². The van der Waals surface area contributed by atoms with Crippen molar-refractivity contribution in [3.63, 3.8) is 0 Å². The molecule has 5 heteroatoms. The summed E-state index contributed by atoms with van der Waals surface area (Å²) in [5.74, 6) is -0.0708. The van der Waals surface area contributed by atoms with Gasteiger partial charge in [0.1, 0.15) is 9.84 Å². The summed E-state index contributed by atoms with van der Waals surface area (Å²) in [6, 6.07) is 10.6. The van der Waals surface area contributed by atoms with E-state index in [1.807, 2.05) is 24.3 Å². The Labute approximate surface area is 111 Å². The molecule has 2 rings (SSSR count). The zero-order chi connectivity index (χ0) is 13.3. The van der Waals surface area contributed by atoms with Crippen LogP contribution >= 0.6 is 11.6 Å². The quantitative estimate of drug-likeness (QED) is 0.942. The summed E-state index contributed by atoms with van der Waals surface area (Å²) in [4.78, 5) is 0. The largest absolute Gasteiger partial charge is 0.323 e. The molecule has 0 saturated heterocycles. The lowest BCUT2D eigenvalue weighted by molar-refractivity contribution is 0.595. The topological polar surface area (TPSA) is 60.2 Å². The molecule has 2 aromatic carbocycles. The zero-order valence-electron chi connectivity index (χ0n) is 9.93. The van der Waals surface area contributed by atoms with Crippen molar-refractivity contribution >= 4 is 32.2 Å². The van der Waals surface area contributed by atoms with E-state index in [0.29, 0.717) is 5.02 Å². The van der Waals surface area contributed by atoms with E-state index >= 15 is 0 Å². The van der Waals surface area contributed by atoms with Gasteiger partial charge in [0.15, 0.2) is 0 Å². The fourth-order valence-electron chi connectivity index (χ4n) is 2.02. The molecule has 0 amide bonds. The lowest BCUT2D eigenvalue weighted by Gasteiger charge is -2.14. The molecule has 2 aromatic rings. The van der Waals surface area contributed by atoms with Crippen molar-refractivity contribution in [1.29, 1.82) is 0 Å². The first-order chi connectivity index (χ1) is 8.38. The molecule has 96 valence electrons. The summed E-state index contributed by atoms with van der Waals surface area (Å²) < 4.78 is 22.6. The van der Waals surface area contributed by atoms with E-state index in [0.717, 1.165) is 16.3 Å². The summed E-state index contributed by atoms with van der Waals surface area (Å²) in [5.41, 5.74) is 6.78. The van der Waals surface area contributed by atoms with Crippen molar-refractivity contribution in [2.24, 2.45) is 5.73 Å². The van der Waals surface area contributed by atoms with E-state index in [1.54, 1.807) is 12.1 Å². The number of halogens is 1. The lowest BCUT2D eigenvalue weighted by atomic mass is 10.0. The Morgan fingerprint density at radius 2 is 1.78 bits per heavy atom. The third-order valence-electron chi connectivity index (χ3n) is 2.79. The van der Waals surface area contributed by atoms with Crippen molar-refractivity contribution < 1.29 is 8.42 Å². The maximum atomic E-state index is 11.3. The Hall–Kier alpha value is -1.10. The van der Waals surface area contributed by atoms with Crippen molar-refractivity contribution in [3.8, 4) is 0 Å². The number of hydrogen-bond acceptors (Lipinski definition) is 3. The SMILES string of the molecule is CS(=O)(=O)CC(N)c1ccc(Cl)c2ccccc12. The van der Waals surface area contributed by atoms with Crippen LogP contribution in [0.2, 0.25) is 5.02 Å². The predicted molar refractivity (Wildman–Crippen MR) is 75.6 cm³/mol. The summed E-state index contributed by atoms with van der Waals surface area (Å²) in [7, 11) is -3.11. The third kappa shape index (κ3) is 2.83. The summed E-state index contributed by atoms with van der Waals surface area (Å²) >= 11 is 6.11. The Balaban J connectivity index is 2.55. The van der Waals surface area contributed by atoms with Crippen LogP contribution in [0.25, 0.3) is 10.8 Å². The first kappa shape index (κ1) is 13.3. The van der Waals surface area contributed by atoms with Crippen molar-refractivity contribution in [2.45, 2.75) is 6.04 Å². The second-order valence-corrected chi connectivity index (χ2v) is 6.97. The highest BCUT2D eigenvalue weighted by atomic mass is 35.5. The molecule has 0 heterocycles. The van der Waals surface area contributed by atoms with Gasteiger partial charge in [0, 0.05) is 22.7 Å². The molecule has 0 aliphatic rings. The third-order valence-corrected chi connectivity index (χ3v) is 4.08. The molecule has 1 unspecified atom stereocenters. The van der Waals surface area contributed by atoms with Gasteiger partial charge in [-0.05, 0) is 17.0 Å². The van der Waals surface area contributed by atoms with Crippen LogP contribution in [-0.4, -0.2) is 20.4 Å². The monoisotopic (exact) mass is 283 g/mol. The van der Waals surface area contributed by atoms with Crippen LogP contribution in [0.1, 0.15) is 11.6 Å². The molecule has 0 aliphatic heterocycles. The molecule has 18 heavy (non-hydrogen) atoms. The van der Waals surface area contributed by atoms with Gasteiger partial charge in [0.25, 0.3) is 0 Å². The molecule has 2 N–H and O–H groups in total. The van der Waals surface area contributed by atoms with Gasteiger partial charge in [0.2, 0.25) is 0 Å². The van der Waals surface area contributed by atoms with Crippen molar-refractivity contribution in [3.05, 3.63) is 47.0 Å². The average Bonchev–Trinajstić information content (AvgIpc) is 2.27. The van der Waals surface area contributed by atoms with Crippen LogP contribution in [0.15, 0.2) is 36.4 Å². The summed E-state index contributed by atoms with van der Waals surface area (Å²) in [6.45, 7) is 0. The number of sulfone groups is 1. The van der Waals surface area contributed by atoms with Crippen molar-refractivity contribution in [1.82, 2.24) is 0 Å². The van der Waals surface area contributed by atoms with Crippen molar-refractivity contribution in [2.75, 3.05) is 12.0 Å². The van der Waals surface area contributed by atoms with Gasteiger partial charge in [-0.2, -0.15) is 0 Å². The number of hydrogen-bond donors (Lipinski definition) is 1. The summed E-state index contributed by atoms with van der Waals surface area (Å²) in [6.07, 6.45) is 1.19. The summed E-state index contributed by atoms with van der Waals surface area (Å²) in [5, 5.41) is 2.43. The molecule has 0 aromatic heterocycles. The van der Waals surface area contributed by atoms with Crippen LogP contribution in [-0.2, 0) is 9.84 Å². The highest BCUT2D eigenvalue weighted by Crippen LogP contribution is 2.29. The highest BCUT2D eigenvalue weighted by molar-refractivity contribution is 7.90. The number of rotatable bonds is 3. The number of fused-ring (bicyclic) bond motifs is 1. The minimum absolute atomic E-state index is 0.0708. The van der Waals surface area contributed by atoms with Crippen LogP contribution in [0.3, 0.4) is 0 Å². The fraction of sp³-hybridized carbons (Fsp3) is 0.231. The molecule has 0 fully saturated rings. The molecule has 3 nitrogen and oxygen atoms in total. The average molecular weight is 284 g/mol. The van der Waals surface area contributed by atoms with Gasteiger partial charge < -0.3 is 5.73 Å². The minimum Gasteiger partial charge on any atom is -0.323 e. The van der Waals surface area contributed by atoms with E-state index in [1.165, 1.54) is 6.26 Å². The Morgan fingerprint density at radius 3 is 2.39 bits per heavy atom. The molecular weight excluding hydrogens is 270 g/mol. The zero-order valence-corrected chi connectivity index (χ0v) is 11.5. The number of benzene rings is 2. The Bertz CT molecular complexity index is 682. The maximum absolute atomic E-state index is 11.3. The van der Waals surface area contributed by atoms with Gasteiger partial charge in [-0.3, -0.25) is 0 Å².